The largest absolute Gasteiger partial charge is 0.328 e. The Labute approximate surface area is 67.2 Å². The first-order chi connectivity index (χ1) is 5.24. The molecule has 2 atom stereocenters. The fourth-order valence-corrected chi connectivity index (χ4v) is 1.58. The number of carbonyl (C=O) groups is 1. The van der Waals surface area contributed by atoms with Crippen molar-refractivity contribution in [3.63, 3.8) is 0 Å². The lowest BCUT2D eigenvalue weighted by atomic mass is 9.84. The van der Waals surface area contributed by atoms with Crippen LogP contribution in [-0.2, 0) is 4.79 Å². The zero-order chi connectivity index (χ0) is 8.27. The van der Waals surface area contributed by atoms with Gasteiger partial charge in [-0.1, -0.05) is 6.42 Å². The molecular weight excluding hydrogens is 138 g/mol. The average molecular weight is 151 g/mol. The van der Waals surface area contributed by atoms with Gasteiger partial charge in [-0.2, -0.15) is 0 Å². The molecule has 1 aliphatic carbocycles. The SMILES string of the molecule is C#CC(=O)[C@@H]1CCC[C@@H](N)C1. The van der Waals surface area contributed by atoms with Crippen LogP contribution in [0.25, 0.3) is 0 Å². The Kier molecular flexibility index (Phi) is 2.67. The van der Waals surface area contributed by atoms with E-state index in [2.05, 4.69) is 5.92 Å². The monoisotopic (exact) mass is 151 g/mol. The Hall–Kier alpha value is -0.810. The molecule has 2 heteroatoms. The zero-order valence-corrected chi connectivity index (χ0v) is 6.55. The van der Waals surface area contributed by atoms with Crippen molar-refractivity contribution >= 4 is 5.78 Å². The first-order valence-electron chi connectivity index (χ1n) is 4.00. The number of nitrogens with two attached hydrogens (primary N) is 1. The quantitative estimate of drug-likeness (QED) is 0.443. The summed E-state index contributed by atoms with van der Waals surface area (Å²) in [6.45, 7) is 0. The molecule has 2 N–H and O–H groups in total. The highest BCUT2D eigenvalue weighted by Gasteiger charge is 2.23. The lowest BCUT2D eigenvalue weighted by Crippen LogP contribution is -2.31. The molecule has 1 rings (SSSR count). The van der Waals surface area contributed by atoms with Crippen LogP contribution in [0.2, 0.25) is 0 Å². The van der Waals surface area contributed by atoms with E-state index >= 15 is 0 Å². The Balaban J connectivity index is 2.47. The van der Waals surface area contributed by atoms with Crippen LogP contribution in [-0.4, -0.2) is 11.8 Å². The summed E-state index contributed by atoms with van der Waals surface area (Å²) >= 11 is 0. The fraction of sp³-hybridized carbons (Fsp3) is 0.667. The van der Waals surface area contributed by atoms with E-state index in [1.807, 2.05) is 0 Å². The maximum Gasteiger partial charge on any atom is 0.208 e. The first kappa shape index (κ1) is 8.29. The van der Waals surface area contributed by atoms with Crippen LogP contribution in [0.15, 0.2) is 0 Å². The molecule has 60 valence electrons. The van der Waals surface area contributed by atoms with Gasteiger partial charge < -0.3 is 5.73 Å². The molecule has 2 nitrogen and oxygen atoms in total. The second-order valence-corrected chi connectivity index (χ2v) is 3.13. The summed E-state index contributed by atoms with van der Waals surface area (Å²) in [5, 5.41) is 0. The minimum atomic E-state index is -0.0693. The number of rotatable bonds is 1. The molecule has 1 fully saturated rings. The van der Waals surface area contributed by atoms with Gasteiger partial charge in [0.1, 0.15) is 0 Å². The van der Waals surface area contributed by atoms with Crippen molar-refractivity contribution in [3.8, 4) is 12.3 Å². The van der Waals surface area contributed by atoms with Gasteiger partial charge >= 0.3 is 0 Å². The molecule has 1 aliphatic rings. The molecule has 0 aromatic rings. The number of Topliss-reactive ketones (excluding diaryl/α,β-unsaturated/α-hetero) is 1. The highest BCUT2D eigenvalue weighted by Crippen LogP contribution is 2.23. The van der Waals surface area contributed by atoms with Crippen molar-refractivity contribution in [2.75, 3.05) is 0 Å². The minimum absolute atomic E-state index is 0.0451. The maximum absolute atomic E-state index is 11.0. The number of hydrogen-bond acceptors (Lipinski definition) is 2. The van der Waals surface area contributed by atoms with Crippen LogP contribution in [0, 0.1) is 18.3 Å². The third-order valence-electron chi connectivity index (χ3n) is 2.23. The summed E-state index contributed by atoms with van der Waals surface area (Å²) in [5.41, 5.74) is 5.70. The molecule has 0 saturated heterocycles. The van der Waals surface area contributed by atoms with Crippen LogP contribution in [0.4, 0.5) is 0 Å². The molecule has 0 spiro atoms. The first-order valence-corrected chi connectivity index (χ1v) is 4.00. The second-order valence-electron chi connectivity index (χ2n) is 3.13. The molecule has 0 aromatic carbocycles. The van der Waals surface area contributed by atoms with Gasteiger partial charge in [0.15, 0.2) is 0 Å². The second kappa shape index (κ2) is 3.54. The van der Waals surface area contributed by atoms with Crippen LogP contribution < -0.4 is 5.73 Å². The molecule has 0 unspecified atom stereocenters. The van der Waals surface area contributed by atoms with Crippen LogP contribution in [0.5, 0.6) is 0 Å². The zero-order valence-electron chi connectivity index (χ0n) is 6.55. The van der Waals surface area contributed by atoms with Crippen molar-refractivity contribution in [1.82, 2.24) is 0 Å². The third kappa shape index (κ3) is 2.06. The van der Waals surface area contributed by atoms with Gasteiger partial charge in [0.05, 0.1) is 0 Å². The van der Waals surface area contributed by atoms with E-state index < -0.39 is 0 Å². The molecule has 0 bridgehead atoms. The summed E-state index contributed by atoms with van der Waals surface area (Å²) < 4.78 is 0. The maximum atomic E-state index is 11.0. The Bertz CT molecular complexity index is 192. The molecule has 0 aliphatic heterocycles. The van der Waals surface area contributed by atoms with E-state index in [1.54, 1.807) is 0 Å². The summed E-state index contributed by atoms with van der Waals surface area (Å²) in [6.07, 6.45) is 8.79. The number of hydrogen-bond donors (Lipinski definition) is 1. The third-order valence-corrected chi connectivity index (χ3v) is 2.23. The predicted molar refractivity (Wildman–Crippen MR) is 43.8 cm³/mol. The van der Waals surface area contributed by atoms with E-state index in [-0.39, 0.29) is 17.7 Å². The smallest absolute Gasteiger partial charge is 0.208 e. The van der Waals surface area contributed by atoms with Crippen molar-refractivity contribution < 1.29 is 4.79 Å². The molecular formula is C9H13NO. The summed E-state index contributed by atoms with van der Waals surface area (Å²) in [7, 11) is 0. The van der Waals surface area contributed by atoms with Gasteiger partial charge in [-0.15, -0.1) is 6.42 Å². The van der Waals surface area contributed by atoms with Gasteiger partial charge in [0.25, 0.3) is 0 Å². The molecule has 0 radical (unpaired) electrons. The topological polar surface area (TPSA) is 43.1 Å². The van der Waals surface area contributed by atoms with Crippen molar-refractivity contribution in [3.05, 3.63) is 0 Å². The minimum Gasteiger partial charge on any atom is -0.328 e. The Morgan fingerprint density at radius 2 is 2.27 bits per heavy atom. The highest BCUT2D eigenvalue weighted by molar-refractivity contribution is 5.96. The summed E-state index contributed by atoms with van der Waals surface area (Å²) in [6, 6.07) is 0.186. The Morgan fingerprint density at radius 1 is 1.55 bits per heavy atom. The molecule has 0 heterocycles. The van der Waals surface area contributed by atoms with Gasteiger partial charge in [-0.3, -0.25) is 4.79 Å². The van der Waals surface area contributed by atoms with Gasteiger partial charge in [-0.05, 0) is 25.2 Å². The van der Waals surface area contributed by atoms with E-state index in [4.69, 9.17) is 12.2 Å². The van der Waals surface area contributed by atoms with E-state index in [1.165, 1.54) is 0 Å². The molecule has 0 amide bonds. The molecule has 1 saturated carbocycles. The van der Waals surface area contributed by atoms with E-state index in [0.29, 0.717) is 0 Å². The van der Waals surface area contributed by atoms with E-state index in [0.717, 1.165) is 25.7 Å². The van der Waals surface area contributed by atoms with Crippen LogP contribution in [0.1, 0.15) is 25.7 Å². The summed E-state index contributed by atoms with van der Waals surface area (Å²) in [4.78, 5) is 11.0. The van der Waals surface area contributed by atoms with Gasteiger partial charge in [0, 0.05) is 12.0 Å². The van der Waals surface area contributed by atoms with Crippen LogP contribution >= 0.6 is 0 Å². The van der Waals surface area contributed by atoms with Crippen LogP contribution in [0.3, 0.4) is 0 Å². The number of carbonyl (C=O) groups excluding carboxylic acids is 1. The van der Waals surface area contributed by atoms with Crippen molar-refractivity contribution in [1.29, 1.82) is 0 Å². The number of ketones is 1. The van der Waals surface area contributed by atoms with Gasteiger partial charge in [-0.25, -0.2) is 0 Å². The fourth-order valence-electron chi connectivity index (χ4n) is 1.58. The van der Waals surface area contributed by atoms with Crippen molar-refractivity contribution in [2.24, 2.45) is 11.7 Å². The van der Waals surface area contributed by atoms with Gasteiger partial charge in [0.2, 0.25) is 5.78 Å². The van der Waals surface area contributed by atoms with Crippen molar-refractivity contribution in [2.45, 2.75) is 31.7 Å². The lowest BCUT2D eigenvalue weighted by molar-refractivity contribution is -0.118. The Morgan fingerprint density at radius 3 is 2.82 bits per heavy atom. The lowest BCUT2D eigenvalue weighted by Gasteiger charge is -2.23. The average Bonchev–Trinajstić information content (AvgIpc) is 2.03. The number of terminal acetylenes is 1. The molecule has 11 heavy (non-hydrogen) atoms. The standard InChI is InChI=1S/C9H13NO/c1-2-9(11)7-4-3-5-8(10)6-7/h1,7-8H,3-6,10H2/t7-,8-/m1/s1. The highest BCUT2D eigenvalue weighted by atomic mass is 16.1. The molecule has 0 aromatic heterocycles. The predicted octanol–water partition coefficient (Wildman–Crippen LogP) is 0.706. The summed E-state index contributed by atoms with van der Waals surface area (Å²) in [5.74, 6) is 2.14. The normalized spacial score (nSPS) is 30.9. The van der Waals surface area contributed by atoms with E-state index in [9.17, 15) is 4.79 Å².